The van der Waals surface area contributed by atoms with Gasteiger partial charge in [-0.05, 0) is 24.0 Å². The Labute approximate surface area is 97.3 Å². The maximum Gasteiger partial charge on any atom is 0.169 e. The molecular weight excluding hydrogens is 200 g/mol. The molecule has 0 atom stereocenters. The summed E-state index contributed by atoms with van der Waals surface area (Å²) in [5, 5.41) is 10.1. The summed E-state index contributed by atoms with van der Waals surface area (Å²) < 4.78 is 0. The van der Waals surface area contributed by atoms with Gasteiger partial charge in [-0.25, -0.2) is 0 Å². The fraction of sp³-hybridized carbons (Fsp3) is 0.500. The van der Waals surface area contributed by atoms with Crippen molar-refractivity contribution in [2.45, 2.75) is 40.5 Å². The molecule has 0 aliphatic heterocycles. The monoisotopic (exact) mass is 220 g/mol. The number of hydrogen-bond donors (Lipinski definition) is 1. The minimum Gasteiger partial charge on any atom is -0.507 e. The number of hydrogen-bond acceptors (Lipinski definition) is 2. The SMILES string of the molecule is Cc1ccc(C(C)C)c(O)c1C(=O)C(C)C. The number of ketones is 1. The number of carbonyl (C=O) groups excluding carboxylic acids is 1. The normalized spacial score (nSPS) is 11.2. The number of Topliss-reactive ketones (excluding diaryl/α,β-unsaturated/α-hetero) is 1. The van der Waals surface area contributed by atoms with E-state index in [-0.39, 0.29) is 23.4 Å². The van der Waals surface area contributed by atoms with Gasteiger partial charge in [0.25, 0.3) is 0 Å². The summed E-state index contributed by atoms with van der Waals surface area (Å²) in [6.45, 7) is 9.58. The molecule has 0 aliphatic rings. The van der Waals surface area contributed by atoms with Crippen molar-refractivity contribution in [3.63, 3.8) is 0 Å². The smallest absolute Gasteiger partial charge is 0.169 e. The van der Waals surface area contributed by atoms with Crippen molar-refractivity contribution in [2.24, 2.45) is 5.92 Å². The standard InChI is InChI=1S/C14H20O2/c1-8(2)11-7-6-10(5)12(14(11)16)13(15)9(3)4/h6-9,16H,1-5H3. The summed E-state index contributed by atoms with van der Waals surface area (Å²) in [6.07, 6.45) is 0. The summed E-state index contributed by atoms with van der Waals surface area (Å²) in [5.41, 5.74) is 2.18. The summed E-state index contributed by atoms with van der Waals surface area (Å²) in [4.78, 5) is 12.0. The highest BCUT2D eigenvalue weighted by molar-refractivity contribution is 6.01. The van der Waals surface area contributed by atoms with E-state index in [1.807, 2.05) is 46.8 Å². The Morgan fingerprint density at radius 3 is 2.19 bits per heavy atom. The lowest BCUT2D eigenvalue weighted by Gasteiger charge is -2.15. The van der Waals surface area contributed by atoms with Crippen LogP contribution >= 0.6 is 0 Å². The lowest BCUT2D eigenvalue weighted by molar-refractivity contribution is 0.0936. The first-order valence-electron chi connectivity index (χ1n) is 5.73. The Bertz CT molecular complexity index is 403. The van der Waals surface area contributed by atoms with E-state index in [1.54, 1.807) is 0 Å². The maximum atomic E-state index is 12.0. The molecule has 88 valence electrons. The van der Waals surface area contributed by atoms with Crippen LogP contribution in [0.25, 0.3) is 0 Å². The summed E-state index contributed by atoms with van der Waals surface area (Å²) in [7, 11) is 0. The molecule has 1 rings (SSSR count). The molecule has 0 aliphatic carbocycles. The molecule has 0 unspecified atom stereocenters. The quantitative estimate of drug-likeness (QED) is 0.789. The van der Waals surface area contributed by atoms with Gasteiger partial charge in [-0.2, -0.15) is 0 Å². The average molecular weight is 220 g/mol. The van der Waals surface area contributed by atoms with Crippen LogP contribution in [0.4, 0.5) is 0 Å². The Balaban J connectivity index is 3.38. The second-order valence-corrected chi connectivity index (χ2v) is 4.87. The Morgan fingerprint density at radius 1 is 1.19 bits per heavy atom. The number of phenols is 1. The molecule has 0 spiro atoms. The highest BCUT2D eigenvalue weighted by Gasteiger charge is 2.20. The van der Waals surface area contributed by atoms with Crippen LogP contribution in [0.15, 0.2) is 12.1 Å². The van der Waals surface area contributed by atoms with Crippen LogP contribution in [0.1, 0.15) is 55.1 Å². The van der Waals surface area contributed by atoms with Crippen LogP contribution in [0, 0.1) is 12.8 Å². The second-order valence-electron chi connectivity index (χ2n) is 4.87. The highest BCUT2D eigenvalue weighted by Crippen LogP contribution is 2.32. The van der Waals surface area contributed by atoms with Gasteiger partial charge in [0, 0.05) is 5.92 Å². The Hall–Kier alpha value is -1.31. The molecule has 0 heterocycles. The van der Waals surface area contributed by atoms with E-state index in [1.165, 1.54) is 0 Å². The lowest BCUT2D eigenvalue weighted by atomic mass is 9.91. The average Bonchev–Trinajstić information content (AvgIpc) is 2.16. The summed E-state index contributed by atoms with van der Waals surface area (Å²) >= 11 is 0. The Kier molecular flexibility index (Phi) is 3.74. The van der Waals surface area contributed by atoms with Crippen LogP contribution in [-0.2, 0) is 0 Å². The van der Waals surface area contributed by atoms with Crippen LogP contribution in [0.2, 0.25) is 0 Å². The van der Waals surface area contributed by atoms with Crippen LogP contribution < -0.4 is 0 Å². The molecule has 1 aromatic rings. The number of benzene rings is 1. The zero-order valence-corrected chi connectivity index (χ0v) is 10.7. The fourth-order valence-corrected chi connectivity index (χ4v) is 1.77. The number of carbonyl (C=O) groups is 1. The third-order valence-electron chi connectivity index (χ3n) is 2.81. The van der Waals surface area contributed by atoms with Crippen molar-refractivity contribution >= 4 is 5.78 Å². The molecule has 2 nitrogen and oxygen atoms in total. The third kappa shape index (κ3) is 2.26. The molecule has 0 amide bonds. The van der Waals surface area contributed by atoms with E-state index in [2.05, 4.69) is 0 Å². The first-order valence-corrected chi connectivity index (χ1v) is 5.73. The number of aryl methyl sites for hydroxylation is 1. The van der Waals surface area contributed by atoms with E-state index < -0.39 is 0 Å². The predicted octanol–water partition coefficient (Wildman–Crippen LogP) is 3.66. The van der Waals surface area contributed by atoms with Crippen molar-refractivity contribution in [3.8, 4) is 5.75 Å². The summed E-state index contributed by atoms with van der Waals surface area (Å²) in [5.74, 6) is 0.303. The summed E-state index contributed by atoms with van der Waals surface area (Å²) in [6, 6.07) is 3.80. The van der Waals surface area contributed by atoms with Gasteiger partial charge in [0.2, 0.25) is 0 Å². The van der Waals surface area contributed by atoms with Crippen molar-refractivity contribution in [2.75, 3.05) is 0 Å². The predicted molar refractivity (Wildman–Crippen MR) is 66.1 cm³/mol. The lowest BCUT2D eigenvalue weighted by Crippen LogP contribution is -2.10. The van der Waals surface area contributed by atoms with Crippen LogP contribution in [-0.4, -0.2) is 10.9 Å². The molecule has 1 aromatic carbocycles. The van der Waals surface area contributed by atoms with Gasteiger partial charge in [-0.3, -0.25) is 4.79 Å². The second kappa shape index (κ2) is 4.69. The molecule has 0 saturated carbocycles. The number of phenolic OH excluding ortho intramolecular Hbond substituents is 1. The zero-order valence-electron chi connectivity index (χ0n) is 10.7. The van der Waals surface area contributed by atoms with Gasteiger partial charge in [-0.15, -0.1) is 0 Å². The molecular formula is C14H20O2. The van der Waals surface area contributed by atoms with E-state index in [0.29, 0.717) is 5.56 Å². The highest BCUT2D eigenvalue weighted by atomic mass is 16.3. The van der Waals surface area contributed by atoms with E-state index in [4.69, 9.17) is 0 Å². The number of rotatable bonds is 3. The van der Waals surface area contributed by atoms with Crippen LogP contribution in [0.3, 0.4) is 0 Å². The van der Waals surface area contributed by atoms with Gasteiger partial charge in [0.05, 0.1) is 5.56 Å². The van der Waals surface area contributed by atoms with Crippen molar-refractivity contribution in [1.29, 1.82) is 0 Å². The van der Waals surface area contributed by atoms with Crippen molar-refractivity contribution in [3.05, 3.63) is 28.8 Å². The minimum atomic E-state index is -0.0907. The minimum absolute atomic E-state index is 0.0116. The molecule has 16 heavy (non-hydrogen) atoms. The number of aromatic hydroxyl groups is 1. The van der Waals surface area contributed by atoms with Gasteiger partial charge >= 0.3 is 0 Å². The molecule has 0 saturated heterocycles. The molecule has 0 fully saturated rings. The van der Waals surface area contributed by atoms with Crippen molar-refractivity contribution < 1.29 is 9.90 Å². The first-order chi connectivity index (χ1) is 7.36. The first kappa shape index (κ1) is 12.8. The van der Waals surface area contributed by atoms with Crippen molar-refractivity contribution in [1.82, 2.24) is 0 Å². The van der Waals surface area contributed by atoms with Gasteiger partial charge in [0.15, 0.2) is 5.78 Å². The molecule has 0 aromatic heterocycles. The molecule has 1 N–H and O–H groups in total. The maximum absolute atomic E-state index is 12.0. The fourth-order valence-electron chi connectivity index (χ4n) is 1.77. The zero-order chi connectivity index (χ0) is 12.5. The largest absolute Gasteiger partial charge is 0.507 e. The Morgan fingerprint density at radius 2 is 1.75 bits per heavy atom. The van der Waals surface area contributed by atoms with E-state index in [0.717, 1.165) is 11.1 Å². The van der Waals surface area contributed by atoms with Gasteiger partial charge < -0.3 is 5.11 Å². The van der Waals surface area contributed by atoms with E-state index in [9.17, 15) is 9.90 Å². The molecule has 0 bridgehead atoms. The topological polar surface area (TPSA) is 37.3 Å². The van der Waals surface area contributed by atoms with Gasteiger partial charge in [-0.1, -0.05) is 39.8 Å². The van der Waals surface area contributed by atoms with Gasteiger partial charge in [0.1, 0.15) is 5.75 Å². The molecule has 2 heteroatoms. The van der Waals surface area contributed by atoms with E-state index >= 15 is 0 Å². The third-order valence-corrected chi connectivity index (χ3v) is 2.81. The van der Waals surface area contributed by atoms with Crippen LogP contribution in [0.5, 0.6) is 5.75 Å². The molecule has 0 radical (unpaired) electrons.